The average molecular weight is 615 g/mol. The summed E-state index contributed by atoms with van der Waals surface area (Å²) in [6, 6.07) is 31.3. The highest BCUT2D eigenvalue weighted by Crippen LogP contribution is 2.33. The number of nitrogens with two attached hydrogens (primary N) is 2. The third-order valence-corrected chi connectivity index (χ3v) is 9.24. The fourth-order valence-corrected chi connectivity index (χ4v) is 6.77. The normalized spacial score (nSPS) is 17.4. The Morgan fingerprint density at radius 2 is 1.07 bits per heavy atom. The third-order valence-electron chi connectivity index (χ3n) is 9.24. The molecule has 1 fully saturated rings. The molecule has 10 nitrogen and oxygen atoms in total. The van der Waals surface area contributed by atoms with E-state index in [1.807, 2.05) is 82.6 Å². The van der Waals surface area contributed by atoms with Crippen molar-refractivity contribution in [3.63, 3.8) is 0 Å². The molecule has 0 aliphatic carbocycles. The van der Waals surface area contributed by atoms with Crippen molar-refractivity contribution in [3.05, 3.63) is 119 Å². The molecule has 2 amide bonds. The van der Waals surface area contributed by atoms with Crippen LogP contribution in [0.4, 0.5) is 16.4 Å². The number of nitrogen functional groups attached to an aromatic ring is 2. The zero-order chi connectivity index (χ0) is 31.6. The zero-order valence-corrected chi connectivity index (χ0v) is 25.5. The van der Waals surface area contributed by atoms with Crippen LogP contribution in [-0.2, 0) is 25.9 Å². The van der Waals surface area contributed by atoms with E-state index in [-0.39, 0.29) is 6.03 Å². The Bertz CT molecular complexity index is 1820. The second-order valence-electron chi connectivity index (χ2n) is 12.2. The van der Waals surface area contributed by atoms with E-state index in [2.05, 4.69) is 44.7 Å². The van der Waals surface area contributed by atoms with Crippen LogP contribution in [0.25, 0.3) is 21.8 Å². The summed E-state index contributed by atoms with van der Waals surface area (Å²) in [5.41, 5.74) is 18.1. The number of aromatic amines is 2. The first-order valence-corrected chi connectivity index (χ1v) is 15.7. The number of urea groups is 1. The third kappa shape index (κ3) is 5.87. The van der Waals surface area contributed by atoms with Gasteiger partial charge < -0.3 is 26.4 Å². The molecule has 0 radical (unpaired) electrons. The van der Waals surface area contributed by atoms with Crippen molar-refractivity contribution >= 4 is 39.5 Å². The second kappa shape index (κ2) is 12.6. The first kappa shape index (κ1) is 29.4. The molecular formula is C36H38N8O2. The van der Waals surface area contributed by atoms with E-state index >= 15 is 0 Å². The summed E-state index contributed by atoms with van der Waals surface area (Å²) in [6.07, 6.45) is 1.94. The SMILES string of the molecule is Nc1n[nH]c2ccc(CN3C(=O)N(Cc4ccc5[nH]nc(N)c5c4)[C@H](CCc4ccccc4)C(O)[C@H]3CCc3ccccc3)cc12. The maximum absolute atomic E-state index is 14.7. The van der Waals surface area contributed by atoms with Gasteiger partial charge in [0, 0.05) is 23.9 Å². The smallest absolute Gasteiger partial charge is 0.321 e. The maximum atomic E-state index is 14.7. The van der Waals surface area contributed by atoms with Crippen molar-refractivity contribution in [1.29, 1.82) is 0 Å². The number of nitrogens with one attached hydrogen (secondary N) is 2. The maximum Gasteiger partial charge on any atom is 0.321 e. The Balaban J connectivity index is 1.25. The van der Waals surface area contributed by atoms with Crippen LogP contribution in [-0.4, -0.2) is 59.5 Å². The number of hydrogen-bond donors (Lipinski definition) is 5. The summed E-state index contributed by atoms with van der Waals surface area (Å²) in [5, 5.41) is 28.0. The quantitative estimate of drug-likeness (QED) is 0.139. The van der Waals surface area contributed by atoms with Crippen LogP contribution in [0.3, 0.4) is 0 Å². The van der Waals surface area contributed by atoms with Crippen LogP contribution in [0.5, 0.6) is 0 Å². The van der Waals surface area contributed by atoms with E-state index in [0.29, 0.717) is 37.6 Å². The van der Waals surface area contributed by atoms with Gasteiger partial charge in [0.05, 0.1) is 29.2 Å². The highest BCUT2D eigenvalue weighted by Gasteiger charge is 2.45. The summed E-state index contributed by atoms with van der Waals surface area (Å²) >= 11 is 0. The van der Waals surface area contributed by atoms with E-state index in [1.165, 1.54) is 11.1 Å². The monoisotopic (exact) mass is 614 g/mol. The molecule has 2 atom stereocenters. The lowest BCUT2D eigenvalue weighted by Gasteiger charge is -2.49. The number of aliphatic hydroxyl groups excluding tert-OH is 1. The van der Waals surface area contributed by atoms with Crippen molar-refractivity contribution in [2.45, 2.75) is 57.0 Å². The van der Waals surface area contributed by atoms with Gasteiger partial charge in [0.2, 0.25) is 0 Å². The van der Waals surface area contributed by atoms with Gasteiger partial charge in [-0.3, -0.25) is 10.2 Å². The molecule has 0 bridgehead atoms. The molecule has 4 aromatic carbocycles. The molecular weight excluding hydrogens is 576 g/mol. The Morgan fingerprint density at radius 3 is 1.50 bits per heavy atom. The average Bonchev–Trinajstić information content (AvgIpc) is 3.65. The van der Waals surface area contributed by atoms with Gasteiger partial charge in [-0.1, -0.05) is 72.8 Å². The van der Waals surface area contributed by atoms with Gasteiger partial charge in [-0.25, -0.2) is 4.79 Å². The molecule has 2 aromatic heterocycles. The Hall–Kier alpha value is -5.35. The molecule has 0 saturated carbocycles. The number of carbonyl (C=O) groups excluding carboxylic acids is 1. The fraction of sp³-hybridized carbons (Fsp3) is 0.250. The molecule has 1 aliphatic heterocycles. The molecule has 0 spiro atoms. The van der Waals surface area contributed by atoms with E-state index in [9.17, 15) is 9.90 Å². The Labute approximate surface area is 267 Å². The van der Waals surface area contributed by atoms with Gasteiger partial charge in [-0.05, 0) is 72.2 Å². The van der Waals surface area contributed by atoms with Crippen LogP contribution >= 0.6 is 0 Å². The largest absolute Gasteiger partial charge is 0.389 e. The van der Waals surface area contributed by atoms with Gasteiger partial charge in [-0.2, -0.15) is 10.2 Å². The highest BCUT2D eigenvalue weighted by atomic mass is 16.3. The van der Waals surface area contributed by atoms with E-state index in [0.717, 1.165) is 45.8 Å². The van der Waals surface area contributed by atoms with Crippen LogP contribution in [0.2, 0.25) is 0 Å². The molecule has 234 valence electrons. The van der Waals surface area contributed by atoms with Gasteiger partial charge in [0.15, 0.2) is 11.6 Å². The Kier molecular flexibility index (Phi) is 8.02. The zero-order valence-electron chi connectivity index (χ0n) is 25.5. The van der Waals surface area contributed by atoms with Crippen LogP contribution < -0.4 is 11.5 Å². The minimum absolute atomic E-state index is 0.109. The molecule has 7 rings (SSSR count). The predicted molar refractivity (Wildman–Crippen MR) is 181 cm³/mol. The number of aromatic nitrogens is 4. The first-order valence-electron chi connectivity index (χ1n) is 15.7. The number of H-pyrrole nitrogens is 2. The number of aryl methyl sites for hydroxylation is 2. The van der Waals surface area contributed by atoms with Crippen LogP contribution in [0, 0.1) is 0 Å². The van der Waals surface area contributed by atoms with Crippen molar-refractivity contribution in [2.75, 3.05) is 11.5 Å². The lowest BCUT2D eigenvalue weighted by atomic mass is 9.88. The van der Waals surface area contributed by atoms with E-state index < -0.39 is 18.2 Å². The second-order valence-corrected chi connectivity index (χ2v) is 12.2. The fourth-order valence-electron chi connectivity index (χ4n) is 6.77. The molecule has 3 heterocycles. The molecule has 10 heteroatoms. The minimum atomic E-state index is -0.782. The van der Waals surface area contributed by atoms with Crippen molar-refractivity contribution < 1.29 is 9.90 Å². The lowest BCUT2D eigenvalue weighted by molar-refractivity contribution is -0.0477. The van der Waals surface area contributed by atoms with Crippen molar-refractivity contribution in [3.8, 4) is 0 Å². The number of carbonyl (C=O) groups is 1. The molecule has 1 saturated heterocycles. The molecule has 46 heavy (non-hydrogen) atoms. The standard InChI is InChI=1S/C36H38N8O2/c37-34-27-19-25(11-15-29(27)39-41-34)21-43-31(17-13-23-7-3-1-4-8-23)33(45)32(18-14-24-9-5-2-6-10-24)44(36(43)46)22-26-12-16-30-28(20-26)35(38)42-40-30/h1-12,15-16,19-20,31-33,45H,13-14,17-18,21-22H2,(H3,37,39,41)(H3,38,40,42)/t31-,32-/m1/s1. The molecule has 0 unspecified atom stereocenters. The first-order chi connectivity index (χ1) is 22.4. The number of anilines is 2. The van der Waals surface area contributed by atoms with Gasteiger partial charge in [-0.15, -0.1) is 0 Å². The van der Waals surface area contributed by atoms with Crippen molar-refractivity contribution in [1.82, 2.24) is 30.2 Å². The summed E-state index contributed by atoms with van der Waals surface area (Å²) in [7, 11) is 0. The summed E-state index contributed by atoms with van der Waals surface area (Å²) in [5.74, 6) is 0.831. The molecule has 1 aliphatic rings. The molecule has 7 N–H and O–H groups in total. The summed E-state index contributed by atoms with van der Waals surface area (Å²) in [6.45, 7) is 0.650. The highest BCUT2D eigenvalue weighted by molar-refractivity contribution is 5.90. The topological polar surface area (TPSA) is 153 Å². The van der Waals surface area contributed by atoms with Crippen LogP contribution in [0.1, 0.15) is 35.1 Å². The minimum Gasteiger partial charge on any atom is -0.389 e. The van der Waals surface area contributed by atoms with Crippen LogP contribution in [0.15, 0.2) is 97.1 Å². The van der Waals surface area contributed by atoms with E-state index in [1.54, 1.807) is 0 Å². The number of benzene rings is 4. The van der Waals surface area contributed by atoms with Gasteiger partial charge >= 0.3 is 6.03 Å². The van der Waals surface area contributed by atoms with Gasteiger partial charge in [0.25, 0.3) is 0 Å². The molecule has 6 aromatic rings. The number of amides is 2. The summed E-state index contributed by atoms with van der Waals surface area (Å²) < 4.78 is 0. The number of fused-ring (bicyclic) bond motifs is 2. The number of aliphatic hydroxyl groups is 1. The number of rotatable bonds is 10. The number of hydrogen-bond acceptors (Lipinski definition) is 6. The summed E-state index contributed by atoms with van der Waals surface area (Å²) in [4.78, 5) is 18.4. The number of nitrogens with zero attached hydrogens (tertiary/aromatic N) is 4. The lowest BCUT2D eigenvalue weighted by Crippen LogP contribution is -2.65. The Morgan fingerprint density at radius 1 is 0.630 bits per heavy atom. The van der Waals surface area contributed by atoms with E-state index in [4.69, 9.17) is 11.5 Å². The van der Waals surface area contributed by atoms with Crippen molar-refractivity contribution in [2.24, 2.45) is 0 Å². The van der Waals surface area contributed by atoms with Gasteiger partial charge in [0.1, 0.15) is 0 Å². The predicted octanol–water partition coefficient (Wildman–Crippen LogP) is 5.41.